The number of carbonyl (C=O) groups is 1. The molecule has 7 heteroatoms. The number of nitrogens with two attached hydrogens (primary N) is 1. The number of benzene rings is 1. The van der Waals surface area contributed by atoms with E-state index in [0.29, 0.717) is 6.42 Å². The van der Waals surface area contributed by atoms with Crippen molar-refractivity contribution in [3.8, 4) is 0 Å². The van der Waals surface area contributed by atoms with Crippen molar-refractivity contribution in [3.63, 3.8) is 0 Å². The number of amides is 1. The first-order valence-corrected chi connectivity index (χ1v) is 7.89. The molecule has 0 saturated heterocycles. The number of fused-ring (bicyclic) bond motifs is 1. The average molecular weight is 303 g/mol. The fourth-order valence-electron chi connectivity index (χ4n) is 1.74. The van der Waals surface area contributed by atoms with Crippen LogP contribution >= 0.6 is 11.8 Å². The van der Waals surface area contributed by atoms with E-state index in [1.165, 1.54) is 0 Å². The molecule has 1 aromatic heterocycles. The number of rotatable bonds is 6. The highest BCUT2D eigenvalue weighted by atomic mass is 32.2. The highest BCUT2D eigenvalue weighted by Gasteiger charge is 2.11. The maximum Gasteiger partial charge on any atom is 0.256 e. The number of hydrogen-bond acceptors (Lipinski definition) is 6. The van der Waals surface area contributed by atoms with E-state index in [-0.39, 0.29) is 5.91 Å². The number of thioether (sulfide) groups is 1. The summed E-state index contributed by atoms with van der Waals surface area (Å²) >= 11 is 1.66. The molecule has 0 fully saturated rings. The van der Waals surface area contributed by atoms with Crippen LogP contribution in [0.15, 0.2) is 35.7 Å². The number of nitrogens with one attached hydrogen (secondary N) is 1. The SMILES string of the molecule is CSCCC(N)C(=O)NN=Cc1cccc2nccnc12. The first-order valence-electron chi connectivity index (χ1n) is 6.49. The van der Waals surface area contributed by atoms with Gasteiger partial charge in [0, 0.05) is 18.0 Å². The van der Waals surface area contributed by atoms with Crippen molar-refractivity contribution in [2.24, 2.45) is 10.8 Å². The van der Waals surface area contributed by atoms with E-state index in [4.69, 9.17) is 5.73 Å². The summed E-state index contributed by atoms with van der Waals surface area (Å²) in [6.45, 7) is 0. The van der Waals surface area contributed by atoms with E-state index >= 15 is 0 Å². The third kappa shape index (κ3) is 4.24. The molecule has 6 nitrogen and oxygen atoms in total. The van der Waals surface area contributed by atoms with Crippen molar-refractivity contribution in [2.45, 2.75) is 12.5 Å². The van der Waals surface area contributed by atoms with Gasteiger partial charge in [0.25, 0.3) is 5.91 Å². The van der Waals surface area contributed by atoms with Gasteiger partial charge < -0.3 is 5.73 Å². The smallest absolute Gasteiger partial charge is 0.256 e. The Morgan fingerprint density at radius 2 is 2.29 bits per heavy atom. The molecule has 1 aromatic carbocycles. The second-order valence-corrected chi connectivity index (χ2v) is 5.38. The van der Waals surface area contributed by atoms with Gasteiger partial charge in [-0.3, -0.25) is 14.8 Å². The predicted molar refractivity (Wildman–Crippen MR) is 86.2 cm³/mol. The van der Waals surface area contributed by atoms with Crippen molar-refractivity contribution < 1.29 is 4.79 Å². The molecule has 0 spiro atoms. The van der Waals surface area contributed by atoms with Gasteiger partial charge in [0.1, 0.15) is 0 Å². The summed E-state index contributed by atoms with van der Waals surface area (Å²) in [4.78, 5) is 20.2. The number of nitrogens with zero attached hydrogens (tertiary/aromatic N) is 3. The highest BCUT2D eigenvalue weighted by Crippen LogP contribution is 2.11. The van der Waals surface area contributed by atoms with Gasteiger partial charge in [0.05, 0.1) is 23.3 Å². The van der Waals surface area contributed by atoms with Gasteiger partial charge in [0.2, 0.25) is 0 Å². The van der Waals surface area contributed by atoms with Gasteiger partial charge in [-0.2, -0.15) is 16.9 Å². The minimum atomic E-state index is -0.540. The lowest BCUT2D eigenvalue weighted by atomic mass is 10.2. The lowest BCUT2D eigenvalue weighted by Crippen LogP contribution is -2.38. The first-order chi connectivity index (χ1) is 10.2. The van der Waals surface area contributed by atoms with E-state index in [0.717, 1.165) is 22.3 Å². The molecule has 1 unspecified atom stereocenters. The molecule has 0 radical (unpaired) electrons. The Labute approximate surface area is 127 Å². The van der Waals surface area contributed by atoms with Gasteiger partial charge in [0.15, 0.2) is 0 Å². The summed E-state index contributed by atoms with van der Waals surface area (Å²) in [6.07, 6.45) is 7.41. The lowest BCUT2D eigenvalue weighted by Gasteiger charge is -2.08. The zero-order valence-electron chi connectivity index (χ0n) is 11.7. The first kappa shape index (κ1) is 15.4. The molecule has 110 valence electrons. The second-order valence-electron chi connectivity index (χ2n) is 4.39. The minimum Gasteiger partial charge on any atom is -0.320 e. The monoisotopic (exact) mass is 303 g/mol. The van der Waals surface area contributed by atoms with E-state index < -0.39 is 6.04 Å². The van der Waals surface area contributed by atoms with Crippen LogP contribution < -0.4 is 11.2 Å². The summed E-state index contributed by atoms with van der Waals surface area (Å²) in [5, 5.41) is 3.94. The zero-order chi connectivity index (χ0) is 15.1. The quantitative estimate of drug-likeness (QED) is 0.617. The van der Waals surface area contributed by atoms with E-state index in [1.54, 1.807) is 30.4 Å². The molecule has 21 heavy (non-hydrogen) atoms. The van der Waals surface area contributed by atoms with Crippen LogP contribution in [0.1, 0.15) is 12.0 Å². The van der Waals surface area contributed by atoms with E-state index in [2.05, 4.69) is 20.5 Å². The summed E-state index contributed by atoms with van der Waals surface area (Å²) in [7, 11) is 0. The van der Waals surface area contributed by atoms with Crippen molar-refractivity contribution >= 4 is 34.9 Å². The van der Waals surface area contributed by atoms with Crippen molar-refractivity contribution in [1.82, 2.24) is 15.4 Å². The Bertz CT molecular complexity index is 641. The average Bonchev–Trinajstić information content (AvgIpc) is 2.52. The van der Waals surface area contributed by atoms with Crippen LogP contribution in [0.2, 0.25) is 0 Å². The van der Waals surface area contributed by atoms with Gasteiger partial charge in [-0.25, -0.2) is 5.43 Å². The lowest BCUT2D eigenvalue weighted by molar-refractivity contribution is -0.122. The number of carbonyl (C=O) groups excluding carboxylic acids is 1. The number of para-hydroxylation sites is 1. The molecular formula is C14H17N5OS. The Kier molecular flexibility index (Phi) is 5.65. The summed E-state index contributed by atoms with van der Waals surface area (Å²) in [5.74, 6) is 0.559. The van der Waals surface area contributed by atoms with Crippen LogP contribution in [0.5, 0.6) is 0 Å². The standard InChI is InChI=1S/C14H17N5OS/c1-21-8-5-11(15)14(20)19-18-9-10-3-2-4-12-13(10)17-7-6-16-12/h2-4,6-7,9,11H,5,8,15H2,1H3,(H,19,20). The molecule has 0 aliphatic heterocycles. The summed E-state index contributed by atoms with van der Waals surface area (Å²) in [6, 6.07) is 5.06. The van der Waals surface area contributed by atoms with Crippen molar-refractivity contribution in [1.29, 1.82) is 0 Å². The maximum absolute atomic E-state index is 11.7. The molecule has 2 rings (SSSR count). The Morgan fingerprint density at radius 3 is 3.10 bits per heavy atom. The molecule has 0 aliphatic carbocycles. The summed E-state index contributed by atoms with van der Waals surface area (Å²) < 4.78 is 0. The van der Waals surface area contributed by atoms with Crippen LogP contribution in [0.25, 0.3) is 11.0 Å². The van der Waals surface area contributed by atoms with Crippen LogP contribution in [-0.2, 0) is 4.79 Å². The number of hydrazone groups is 1. The number of aromatic nitrogens is 2. The van der Waals surface area contributed by atoms with Gasteiger partial charge >= 0.3 is 0 Å². The Balaban J connectivity index is 2.02. The minimum absolute atomic E-state index is 0.286. The molecule has 1 atom stereocenters. The zero-order valence-corrected chi connectivity index (χ0v) is 12.5. The largest absolute Gasteiger partial charge is 0.320 e. The topological polar surface area (TPSA) is 93.3 Å². The van der Waals surface area contributed by atoms with Gasteiger partial charge in [-0.05, 0) is 24.5 Å². The third-order valence-corrected chi connectivity index (χ3v) is 3.52. The molecule has 3 N–H and O–H groups in total. The fourth-order valence-corrected chi connectivity index (χ4v) is 2.23. The fraction of sp³-hybridized carbons (Fsp3) is 0.286. The summed E-state index contributed by atoms with van der Waals surface area (Å²) in [5.41, 5.74) is 10.5. The Morgan fingerprint density at radius 1 is 1.48 bits per heavy atom. The predicted octanol–water partition coefficient (Wildman–Crippen LogP) is 1.16. The van der Waals surface area contributed by atoms with Crippen LogP contribution in [-0.4, -0.2) is 40.1 Å². The molecule has 1 heterocycles. The van der Waals surface area contributed by atoms with E-state index in [9.17, 15) is 4.79 Å². The second kappa shape index (κ2) is 7.70. The molecule has 0 bridgehead atoms. The number of hydrogen-bond donors (Lipinski definition) is 2. The van der Waals surface area contributed by atoms with Crippen LogP contribution in [0.3, 0.4) is 0 Å². The molecule has 1 amide bonds. The van der Waals surface area contributed by atoms with Gasteiger partial charge in [-0.1, -0.05) is 12.1 Å². The third-order valence-electron chi connectivity index (χ3n) is 2.88. The molecule has 0 aliphatic rings. The van der Waals surface area contributed by atoms with E-state index in [1.807, 2.05) is 24.5 Å². The normalized spacial score (nSPS) is 12.7. The van der Waals surface area contributed by atoms with Crippen molar-refractivity contribution in [2.75, 3.05) is 12.0 Å². The van der Waals surface area contributed by atoms with Crippen LogP contribution in [0, 0.1) is 0 Å². The van der Waals surface area contributed by atoms with Gasteiger partial charge in [-0.15, -0.1) is 0 Å². The molecule has 2 aromatic rings. The van der Waals surface area contributed by atoms with Crippen molar-refractivity contribution in [3.05, 3.63) is 36.2 Å². The maximum atomic E-state index is 11.7. The highest BCUT2D eigenvalue weighted by molar-refractivity contribution is 7.98. The molecular weight excluding hydrogens is 286 g/mol. The Hall–Kier alpha value is -1.99. The molecule has 0 saturated carbocycles. The van der Waals surface area contributed by atoms with Crippen LogP contribution in [0.4, 0.5) is 0 Å².